The number of nitrogens with zero attached hydrogens (tertiary/aromatic N) is 1. The van der Waals surface area contributed by atoms with E-state index in [-0.39, 0.29) is 31.1 Å². The number of carbonyl (C=O) groups is 3. The van der Waals surface area contributed by atoms with Gasteiger partial charge in [-0.2, -0.15) is 0 Å². The molecule has 2 aromatic carbocycles. The molecule has 172 valence electrons. The molecule has 0 unspecified atom stereocenters. The molecule has 9 heteroatoms. The molecule has 0 aliphatic carbocycles. The Bertz CT molecular complexity index is 1130. The number of hydrogen-bond acceptors (Lipinski definition) is 6. The van der Waals surface area contributed by atoms with Crippen molar-refractivity contribution >= 4 is 35.0 Å². The van der Waals surface area contributed by atoms with Crippen LogP contribution in [0.5, 0.6) is 11.5 Å². The maximum Gasteiger partial charge on any atom is 0.303 e. The van der Waals surface area contributed by atoms with Crippen LogP contribution in [0.3, 0.4) is 0 Å². The molecule has 2 aliphatic rings. The standard InChI is InChI=1S/C24H22ClNO7/c25-16-8-5-14(6-9-16)22(29)20-21(15-7-10-17-18(12-15)33-13-32-17)26(24(31)23(20)30)11-3-1-2-4-19(27)28/h5-10,12,21,29H,1-4,11,13H2,(H,27,28)/t21-/m1/s1. The predicted octanol–water partition coefficient (Wildman–Crippen LogP) is 4.14. The second-order valence-electron chi connectivity index (χ2n) is 7.82. The largest absolute Gasteiger partial charge is 0.507 e. The van der Waals surface area contributed by atoms with Gasteiger partial charge in [0, 0.05) is 23.6 Å². The fourth-order valence-corrected chi connectivity index (χ4v) is 4.16. The van der Waals surface area contributed by atoms with Crippen molar-refractivity contribution in [3.8, 4) is 11.5 Å². The summed E-state index contributed by atoms with van der Waals surface area (Å²) in [7, 11) is 0. The number of aliphatic carboxylic acids is 1. The first-order valence-electron chi connectivity index (χ1n) is 10.5. The van der Waals surface area contributed by atoms with Crippen molar-refractivity contribution < 1.29 is 34.1 Å². The van der Waals surface area contributed by atoms with Crippen LogP contribution in [0.25, 0.3) is 5.76 Å². The lowest BCUT2D eigenvalue weighted by Gasteiger charge is -2.25. The molecule has 1 fully saturated rings. The molecule has 2 aromatic rings. The van der Waals surface area contributed by atoms with E-state index in [0.717, 1.165) is 0 Å². The summed E-state index contributed by atoms with van der Waals surface area (Å²) in [6, 6.07) is 10.6. The first-order valence-corrected chi connectivity index (χ1v) is 10.9. The van der Waals surface area contributed by atoms with Crippen molar-refractivity contribution in [3.05, 3.63) is 64.2 Å². The summed E-state index contributed by atoms with van der Waals surface area (Å²) in [6.07, 6.45) is 1.61. The number of ketones is 1. The number of Topliss-reactive ketones (excluding diaryl/α,β-unsaturated/α-hetero) is 1. The van der Waals surface area contributed by atoms with Crippen LogP contribution < -0.4 is 9.47 Å². The highest BCUT2D eigenvalue weighted by molar-refractivity contribution is 6.46. The first-order chi connectivity index (χ1) is 15.9. The minimum absolute atomic E-state index is 0.0216. The number of rotatable bonds is 8. The molecule has 2 heterocycles. The van der Waals surface area contributed by atoms with Crippen LogP contribution in [0.2, 0.25) is 5.02 Å². The zero-order chi connectivity index (χ0) is 23.5. The highest BCUT2D eigenvalue weighted by atomic mass is 35.5. The number of benzene rings is 2. The normalized spacial score (nSPS) is 18.7. The van der Waals surface area contributed by atoms with Crippen molar-refractivity contribution in [3.63, 3.8) is 0 Å². The summed E-state index contributed by atoms with van der Waals surface area (Å²) in [6.45, 7) is 0.314. The summed E-state index contributed by atoms with van der Waals surface area (Å²) in [5, 5.41) is 20.3. The Labute approximate surface area is 195 Å². The zero-order valence-electron chi connectivity index (χ0n) is 17.6. The summed E-state index contributed by atoms with van der Waals surface area (Å²) in [5.41, 5.74) is 0.941. The Hall–Kier alpha value is -3.52. The van der Waals surface area contributed by atoms with Crippen LogP contribution in [0.4, 0.5) is 0 Å². The van der Waals surface area contributed by atoms with Gasteiger partial charge in [-0.05, 0) is 54.8 Å². The first kappa shape index (κ1) is 22.7. The molecule has 4 rings (SSSR count). The van der Waals surface area contributed by atoms with Gasteiger partial charge < -0.3 is 24.6 Å². The third-order valence-electron chi connectivity index (χ3n) is 5.66. The molecule has 1 amide bonds. The lowest BCUT2D eigenvalue weighted by atomic mass is 9.95. The van der Waals surface area contributed by atoms with E-state index in [2.05, 4.69) is 0 Å². The monoisotopic (exact) mass is 471 g/mol. The van der Waals surface area contributed by atoms with Crippen LogP contribution in [0.1, 0.15) is 42.9 Å². The number of ether oxygens (including phenoxy) is 2. The number of carboxylic acid groups (broad SMARTS) is 1. The molecule has 8 nitrogen and oxygen atoms in total. The second-order valence-corrected chi connectivity index (χ2v) is 8.25. The number of carbonyl (C=O) groups excluding carboxylic acids is 2. The Kier molecular flexibility index (Phi) is 6.55. The molecule has 33 heavy (non-hydrogen) atoms. The number of unbranched alkanes of at least 4 members (excludes halogenated alkanes) is 2. The smallest absolute Gasteiger partial charge is 0.303 e. The van der Waals surface area contributed by atoms with E-state index in [1.165, 1.54) is 4.90 Å². The Morgan fingerprint density at radius 1 is 1.00 bits per heavy atom. The fourth-order valence-electron chi connectivity index (χ4n) is 4.04. The molecule has 2 aliphatic heterocycles. The average molecular weight is 472 g/mol. The van der Waals surface area contributed by atoms with Gasteiger partial charge in [-0.3, -0.25) is 14.4 Å². The Morgan fingerprint density at radius 3 is 2.45 bits per heavy atom. The minimum atomic E-state index is -0.876. The Morgan fingerprint density at radius 2 is 1.73 bits per heavy atom. The van der Waals surface area contributed by atoms with Crippen LogP contribution in [0.15, 0.2) is 48.0 Å². The van der Waals surface area contributed by atoms with E-state index in [1.54, 1.807) is 42.5 Å². The van der Waals surface area contributed by atoms with Gasteiger partial charge in [0.1, 0.15) is 5.76 Å². The molecule has 0 spiro atoms. The maximum atomic E-state index is 13.0. The molecule has 0 bridgehead atoms. The van der Waals surface area contributed by atoms with Gasteiger partial charge in [-0.15, -0.1) is 0 Å². The third-order valence-corrected chi connectivity index (χ3v) is 5.91. The quantitative estimate of drug-likeness (QED) is 0.257. The molecule has 0 aromatic heterocycles. The van der Waals surface area contributed by atoms with E-state index in [1.807, 2.05) is 0 Å². The number of carboxylic acids is 1. The van der Waals surface area contributed by atoms with E-state index in [4.69, 9.17) is 26.2 Å². The number of aliphatic hydroxyl groups is 1. The van der Waals surface area contributed by atoms with Crippen molar-refractivity contribution in [1.29, 1.82) is 0 Å². The van der Waals surface area contributed by atoms with Crippen molar-refractivity contribution in [2.24, 2.45) is 0 Å². The third kappa shape index (κ3) is 4.66. The van der Waals surface area contributed by atoms with Crippen molar-refractivity contribution in [1.82, 2.24) is 4.90 Å². The summed E-state index contributed by atoms with van der Waals surface area (Å²) >= 11 is 5.94. The van der Waals surface area contributed by atoms with Gasteiger partial charge in [0.2, 0.25) is 6.79 Å². The maximum absolute atomic E-state index is 13.0. The predicted molar refractivity (Wildman–Crippen MR) is 119 cm³/mol. The molecule has 0 saturated carbocycles. The topological polar surface area (TPSA) is 113 Å². The Balaban J connectivity index is 1.70. The van der Waals surface area contributed by atoms with Crippen molar-refractivity contribution in [2.45, 2.75) is 31.7 Å². The van der Waals surface area contributed by atoms with Gasteiger partial charge in [0.15, 0.2) is 11.5 Å². The van der Waals surface area contributed by atoms with Crippen LogP contribution >= 0.6 is 11.6 Å². The summed E-state index contributed by atoms with van der Waals surface area (Å²) in [5.74, 6) is -1.62. The van der Waals surface area contributed by atoms with Crippen LogP contribution in [-0.2, 0) is 14.4 Å². The second kappa shape index (κ2) is 9.54. The van der Waals surface area contributed by atoms with E-state index in [9.17, 15) is 19.5 Å². The molecule has 1 atom stereocenters. The molecular weight excluding hydrogens is 450 g/mol. The highest BCUT2D eigenvalue weighted by Gasteiger charge is 2.46. The molecule has 0 radical (unpaired) electrons. The van der Waals surface area contributed by atoms with Gasteiger partial charge in [0.05, 0.1) is 11.6 Å². The fraction of sp³-hybridized carbons (Fsp3) is 0.292. The number of amides is 1. The summed E-state index contributed by atoms with van der Waals surface area (Å²) < 4.78 is 10.8. The number of aliphatic hydroxyl groups excluding tert-OH is 1. The number of halogens is 1. The minimum Gasteiger partial charge on any atom is -0.507 e. The van der Waals surface area contributed by atoms with Gasteiger partial charge >= 0.3 is 5.97 Å². The lowest BCUT2D eigenvalue weighted by molar-refractivity contribution is -0.140. The lowest BCUT2D eigenvalue weighted by Crippen LogP contribution is -2.30. The zero-order valence-corrected chi connectivity index (χ0v) is 18.4. The average Bonchev–Trinajstić information content (AvgIpc) is 3.36. The van der Waals surface area contributed by atoms with E-state index in [0.29, 0.717) is 46.9 Å². The number of fused-ring (bicyclic) bond motifs is 1. The van der Waals surface area contributed by atoms with Crippen LogP contribution in [0, 0.1) is 0 Å². The van der Waals surface area contributed by atoms with Crippen LogP contribution in [-0.4, -0.2) is 46.1 Å². The van der Waals surface area contributed by atoms with Gasteiger partial charge in [0.25, 0.3) is 11.7 Å². The number of hydrogen-bond donors (Lipinski definition) is 2. The van der Waals surface area contributed by atoms with Crippen molar-refractivity contribution in [2.75, 3.05) is 13.3 Å². The van der Waals surface area contributed by atoms with E-state index >= 15 is 0 Å². The molecular formula is C24H22ClNO7. The molecule has 1 saturated heterocycles. The summed E-state index contributed by atoms with van der Waals surface area (Å²) in [4.78, 5) is 38.1. The van der Waals surface area contributed by atoms with Gasteiger partial charge in [-0.25, -0.2) is 0 Å². The van der Waals surface area contributed by atoms with Gasteiger partial charge in [-0.1, -0.05) is 24.1 Å². The van der Waals surface area contributed by atoms with E-state index < -0.39 is 23.7 Å². The SMILES string of the molecule is O=C(O)CCCCCN1C(=O)C(=O)C(=C(O)c2ccc(Cl)cc2)[C@H]1c1ccc2c(c1)OCO2. The number of likely N-dealkylation sites (tertiary alicyclic amines) is 1. The highest BCUT2D eigenvalue weighted by Crippen LogP contribution is 2.43. The molecule has 2 N–H and O–H groups in total.